The minimum atomic E-state index is -0.168. The normalized spacial score (nSPS) is 13.8. The van der Waals surface area contributed by atoms with E-state index in [9.17, 15) is 0 Å². The summed E-state index contributed by atoms with van der Waals surface area (Å²) < 4.78 is 5.49. The van der Waals surface area contributed by atoms with Gasteiger partial charge in [0.15, 0.2) is 0 Å². The van der Waals surface area contributed by atoms with Crippen LogP contribution in [0.25, 0.3) is 0 Å². The van der Waals surface area contributed by atoms with Crippen molar-refractivity contribution in [3.05, 3.63) is 34.9 Å². The van der Waals surface area contributed by atoms with Crippen molar-refractivity contribution < 1.29 is 4.74 Å². The first-order chi connectivity index (χ1) is 8.89. The molecule has 0 fully saturated rings. The summed E-state index contributed by atoms with van der Waals surface area (Å²) in [6, 6.07) is 8.19. The van der Waals surface area contributed by atoms with Crippen molar-refractivity contribution in [2.45, 2.75) is 38.5 Å². The fourth-order valence-corrected chi connectivity index (χ4v) is 2.29. The van der Waals surface area contributed by atoms with Gasteiger partial charge in [-0.1, -0.05) is 29.8 Å². The zero-order valence-corrected chi connectivity index (χ0v) is 13.1. The van der Waals surface area contributed by atoms with Crippen LogP contribution in [0.1, 0.15) is 25.8 Å². The van der Waals surface area contributed by atoms with Crippen molar-refractivity contribution in [1.82, 2.24) is 4.90 Å². The van der Waals surface area contributed by atoms with Crippen LogP contribution in [0.4, 0.5) is 0 Å². The Bertz CT molecular complexity index is 395. The molecule has 4 heteroatoms. The molecule has 2 N–H and O–H groups in total. The third-order valence-electron chi connectivity index (χ3n) is 3.55. The zero-order valence-electron chi connectivity index (χ0n) is 12.3. The Morgan fingerprint density at radius 2 is 2.00 bits per heavy atom. The predicted molar refractivity (Wildman–Crippen MR) is 81.5 cm³/mol. The van der Waals surface area contributed by atoms with Crippen molar-refractivity contribution >= 4 is 11.6 Å². The van der Waals surface area contributed by atoms with Gasteiger partial charge < -0.3 is 10.5 Å². The molecule has 0 saturated heterocycles. The molecule has 0 saturated carbocycles. The highest BCUT2D eigenvalue weighted by molar-refractivity contribution is 6.31. The van der Waals surface area contributed by atoms with Crippen molar-refractivity contribution in [2.75, 3.05) is 20.7 Å². The molecular weight excluding hydrogens is 260 g/mol. The summed E-state index contributed by atoms with van der Waals surface area (Å²) >= 11 is 6.19. The Kier molecular flexibility index (Phi) is 6.27. The average molecular weight is 285 g/mol. The van der Waals surface area contributed by atoms with E-state index in [4.69, 9.17) is 22.1 Å². The quantitative estimate of drug-likeness (QED) is 0.837. The van der Waals surface area contributed by atoms with Crippen LogP contribution in [-0.4, -0.2) is 37.2 Å². The molecule has 3 nitrogen and oxygen atoms in total. The maximum atomic E-state index is 6.19. The van der Waals surface area contributed by atoms with E-state index in [1.807, 2.05) is 24.3 Å². The summed E-state index contributed by atoms with van der Waals surface area (Å²) in [5.74, 6) is 0. The Morgan fingerprint density at radius 3 is 2.53 bits per heavy atom. The molecule has 1 unspecified atom stereocenters. The smallest absolute Gasteiger partial charge is 0.0638 e. The molecule has 0 radical (unpaired) electrons. The van der Waals surface area contributed by atoms with Crippen LogP contribution in [0, 0.1) is 0 Å². The fourth-order valence-electron chi connectivity index (χ4n) is 2.09. The standard InChI is InChI=1S/C15H25ClN2O/c1-15(2,19-4)9-13(10-17)18(3)11-12-7-5-6-8-14(12)16/h5-8,13H,9-11,17H2,1-4H3. The topological polar surface area (TPSA) is 38.5 Å². The molecule has 1 aromatic rings. The number of nitrogens with two attached hydrogens (primary N) is 1. The molecule has 0 aliphatic rings. The zero-order chi connectivity index (χ0) is 14.5. The number of benzene rings is 1. The number of likely N-dealkylation sites (N-methyl/N-ethyl adjacent to an activating group) is 1. The van der Waals surface area contributed by atoms with E-state index in [0.29, 0.717) is 6.54 Å². The SMILES string of the molecule is COC(C)(C)CC(CN)N(C)Cc1ccccc1Cl. The molecule has 1 aromatic carbocycles. The highest BCUT2D eigenvalue weighted by atomic mass is 35.5. The third-order valence-corrected chi connectivity index (χ3v) is 3.92. The lowest BCUT2D eigenvalue weighted by atomic mass is 9.97. The molecule has 0 bridgehead atoms. The van der Waals surface area contributed by atoms with Crippen LogP contribution in [0.3, 0.4) is 0 Å². The van der Waals surface area contributed by atoms with Crippen molar-refractivity contribution in [1.29, 1.82) is 0 Å². The molecule has 0 aliphatic carbocycles. The number of hydrogen-bond acceptors (Lipinski definition) is 3. The minimum absolute atomic E-state index is 0.168. The summed E-state index contributed by atoms with van der Waals surface area (Å²) in [6.45, 7) is 5.56. The van der Waals surface area contributed by atoms with Crippen LogP contribution < -0.4 is 5.73 Å². The summed E-state index contributed by atoms with van der Waals surface area (Å²) in [5.41, 5.74) is 6.85. The molecule has 19 heavy (non-hydrogen) atoms. The second-order valence-corrected chi connectivity index (χ2v) is 5.97. The number of methoxy groups -OCH3 is 1. The molecule has 0 amide bonds. The molecule has 108 valence electrons. The van der Waals surface area contributed by atoms with Gasteiger partial charge in [-0.3, -0.25) is 4.90 Å². The predicted octanol–water partition coefficient (Wildman–Crippen LogP) is 2.91. The first kappa shape index (κ1) is 16.4. The van der Waals surface area contributed by atoms with Crippen LogP contribution in [-0.2, 0) is 11.3 Å². The molecule has 0 aliphatic heterocycles. The molecule has 0 aromatic heterocycles. The lowest BCUT2D eigenvalue weighted by Gasteiger charge is -2.33. The van der Waals surface area contributed by atoms with Gasteiger partial charge in [0.05, 0.1) is 5.60 Å². The van der Waals surface area contributed by atoms with Crippen molar-refractivity contribution in [2.24, 2.45) is 5.73 Å². The number of ether oxygens (including phenoxy) is 1. The summed E-state index contributed by atoms with van der Waals surface area (Å²) in [5, 5.41) is 0.802. The maximum Gasteiger partial charge on any atom is 0.0638 e. The van der Waals surface area contributed by atoms with Gasteiger partial charge in [0, 0.05) is 31.3 Å². The van der Waals surface area contributed by atoms with E-state index in [1.165, 1.54) is 0 Å². The Morgan fingerprint density at radius 1 is 1.37 bits per heavy atom. The van der Waals surface area contributed by atoms with Gasteiger partial charge in [-0.05, 0) is 38.9 Å². The van der Waals surface area contributed by atoms with E-state index in [0.717, 1.165) is 23.6 Å². The van der Waals surface area contributed by atoms with E-state index < -0.39 is 0 Å². The van der Waals surface area contributed by atoms with Gasteiger partial charge in [-0.25, -0.2) is 0 Å². The Hall–Kier alpha value is -0.610. The molecular formula is C15H25ClN2O. The first-order valence-electron chi connectivity index (χ1n) is 6.58. The van der Waals surface area contributed by atoms with Gasteiger partial charge in [0.2, 0.25) is 0 Å². The summed E-state index contributed by atoms with van der Waals surface area (Å²) in [4.78, 5) is 2.24. The van der Waals surface area contributed by atoms with Crippen molar-refractivity contribution in [3.63, 3.8) is 0 Å². The second-order valence-electron chi connectivity index (χ2n) is 5.56. The van der Waals surface area contributed by atoms with Crippen LogP contribution in [0.2, 0.25) is 5.02 Å². The van der Waals surface area contributed by atoms with Crippen LogP contribution in [0.15, 0.2) is 24.3 Å². The number of rotatable bonds is 7. The maximum absolute atomic E-state index is 6.19. The number of halogens is 1. The lowest BCUT2D eigenvalue weighted by Crippen LogP contribution is -2.43. The highest BCUT2D eigenvalue weighted by Gasteiger charge is 2.24. The van der Waals surface area contributed by atoms with Gasteiger partial charge in [0.1, 0.15) is 0 Å². The third kappa shape index (κ3) is 5.11. The van der Waals surface area contributed by atoms with Gasteiger partial charge in [-0.2, -0.15) is 0 Å². The summed E-state index contributed by atoms with van der Waals surface area (Å²) in [6.07, 6.45) is 0.890. The highest BCUT2D eigenvalue weighted by Crippen LogP contribution is 2.21. The Balaban J connectivity index is 2.69. The number of hydrogen-bond donors (Lipinski definition) is 1. The molecule has 1 rings (SSSR count). The van der Waals surface area contributed by atoms with E-state index in [1.54, 1.807) is 7.11 Å². The fraction of sp³-hybridized carbons (Fsp3) is 0.600. The van der Waals surface area contributed by atoms with Gasteiger partial charge in [0.25, 0.3) is 0 Å². The largest absolute Gasteiger partial charge is 0.379 e. The monoisotopic (exact) mass is 284 g/mol. The minimum Gasteiger partial charge on any atom is -0.379 e. The first-order valence-corrected chi connectivity index (χ1v) is 6.96. The van der Waals surface area contributed by atoms with Crippen LogP contribution >= 0.6 is 11.6 Å². The van der Waals surface area contributed by atoms with E-state index in [2.05, 4.69) is 25.8 Å². The second kappa shape index (κ2) is 7.25. The van der Waals surface area contributed by atoms with E-state index >= 15 is 0 Å². The van der Waals surface area contributed by atoms with Gasteiger partial charge in [-0.15, -0.1) is 0 Å². The van der Waals surface area contributed by atoms with Crippen LogP contribution in [0.5, 0.6) is 0 Å². The van der Waals surface area contributed by atoms with Crippen molar-refractivity contribution in [3.8, 4) is 0 Å². The van der Waals surface area contributed by atoms with E-state index in [-0.39, 0.29) is 11.6 Å². The number of nitrogens with zero attached hydrogens (tertiary/aromatic N) is 1. The lowest BCUT2D eigenvalue weighted by molar-refractivity contribution is -0.00538. The molecule has 0 spiro atoms. The molecule has 0 heterocycles. The summed E-state index contributed by atoms with van der Waals surface area (Å²) in [7, 11) is 3.81. The molecule has 1 atom stereocenters. The Labute approximate surface area is 121 Å². The van der Waals surface area contributed by atoms with Gasteiger partial charge >= 0.3 is 0 Å². The average Bonchev–Trinajstić information content (AvgIpc) is 2.38.